The molecular weight excluding hydrogens is 252 g/mol. The number of carbonyl (C=O) groups excluding carboxylic acids is 1. The Hall–Kier alpha value is -2.14. The summed E-state index contributed by atoms with van der Waals surface area (Å²) in [5.74, 6) is -0.311. The Morgan fingerprint density at radius 3 is 2.33 bits per heavy atom. The molecule has 0 fully saturated rings. The molecule has 0 aliphatic heterocycles. The number of esters is 1. The van der Waals surface area contributed by atoms with Crippen molar-refractivity contribution in [3.05, 3.63) is 60.2 Å². The highest BCUT2D eigenvalue weighted by Gasteiger charge is 2.08. The highest BCUT2D eigenvalue weighted by molar-refractivity contribution is 7.72. The van der Waals surface area contributed by atoms with Gasteiger partial charge >= 0.3 is 5.97 Å². The quantitative estimate of drug-likeness (QED) is 0.521. The van der Waals surface area contributed by atoms with Gasteiger partial charge in [0.25, 0.3) is 0 Å². The van der Waals surface area contributed by atoms with E-state index in [-0.39, 0.29) is 10.6 Å². The lowest BCUT2D eigenvalue weighted by molar-refractivity contribution is 0.0734. The second-order valence-electron chi connectivity index (χ2n) is 3.51. The number of carbonyl (C=O) groups is 1. The molecule has 0 atom stereocenters. The molecule has 0 radical (unpaired) electrons. The molecule has 0 aliphatic rings. The van der Waals surface area contributed by atoms with Crippen molar-refractivity contribution in [1.29, 1.82) is 0 Å². The lowest BCUT2D eigenvalue weighted by atomic mass is 10.2. The van der Waals surface area contributed by atoms with Crippen LogP contribution in [0.25, 0.3) is 0 Å². The Labute approximate surface area is 106 Å². The SMILES string of the molecule is O=C(Oc1cccc([SH](=O)=O)c1)c1ccccc1. The summed E-state index contributed by atoms with van der Waals surface area (Å²) in [5, 5.41) is 0. The maximum atomic E-state index is 11.7. The molecule has 0 saturated carbocycles. The van der Waals surface area contributed by atoms with E-state index in [0.717, 1.165) is 0 Å². The van der Waals surface area contributed by atoms with E-state index in [2.05, 4.69) is 0 Å². The van der Waals surface area contributed by atoms with Gasteiger partial charge in [0.15, 0.2) is 10.7 Å². The molecule has 2 aromatic rings. The van der Waals surface area contributed by atoms with Crippen LogP contribution in [0.3, 0.4) is 0 Å². The molecule has 0 aliphatic carbocycles. The normalized spacial score (nSPS) is 10.3. The Morgan fingerprint density at radius 1 is 0.944 bits per heavy atom. The first-order chi connectivity index (χ1) is 8.66. The summed E-state index contributed by atoms with van der Waals surface area (Å²) in [6.45, 7) is 0. The van der Waals surface area contributed by atoms with Gasteiger partial charge in [-0.3, -0.25) is 0 Å². The Morgan fingerprint density at radius 2 is 1.67 bits per heavy atom. The fourth-order valence-corrected chi connectivity index (χ4v) is 1.84. The number of rotatable bonds is 3. The summed E-state index contributed by atoms with van der Waals surface area (Å²) in [7, 11) is -2.68. The third-order valence-corrected chi connectivity index (χ3v) is 2.95. The van der Waals surface area contributed by atoms with E-state index in [1.54, 1.807) is 30.3 Å². The average molecular weight is 262 g/mol. The monoisotopic (exact) mass is 262 g/mol. The predicted molar refractivity (Wildman–Crippen MR) is 66.4 cm³/mol. The fraction of sp³-hybridized carbons (Fsp3) is 0. The van der Waals surface area contributed by atoms with Crippen LogP contribution >= 0.6 is 0 Å². The van der Waals surface area contributed by atoms with E-state index < -0.39 is 16.7 Å². The molecule has 0 spiro atoms. The molecular formula is C13H10O4S. The zero-order chi connectivity index (χ0) is 13.0. The first-order valence-electron chi connectivity index (χ1n) is 5.18. The highest BCUT2D eigenvalue weighted by Crippen LogP contribution is 2.15. The third kappa shape index (κ3) is 2.95. The topological polar surface area (TPSA) is 60.4 Å². The number of hydrogen-bond acceptors (Lipinski definition) is 4. The summed E-state index contributed by atoms with van der Waals surface area (Å²) >= 11 is 0. The van der Waals surface area contributed by atoms with Gasteiger partial charge in [0.05, 0.1) is 10.5 Å². The van der Waals surface area contributed by atoms with Gasteiger partial charge < -0.3 is 4.74 Å². The minimum Gasteiger partial charge on any atom is -0.423 e. The lowest BCUT2D eigenvalue weighted by Crippen LogP contribution is -2.08. The molecule has 2 aromatic carbocycles. The minimum absolute atomic E-state index is 0.114. The molecule has 4 nitrogen and oxygen atoms in total. The van der Waals surface area contributed by atoms with Crippen molar-refractivity contribution >= 4 is 16.7 Å². The zero-order valence-corrected chi connectivity index (χ0v) is 10.2. The number of thiol groups is 1. The van der Waals surface area contributed by atoms with Gasteiger partial charge in [-0.2, -0.15) is 0 Å². The van der Waals surface area contributed by atoms with Crippen LogP contribution in [0.2, 0.25) is 0 Å². The molecule has 0 amide bonds. The molecule has 0 N–H and O–H groups in total. The molecule has 0 unspecified atom stereocenters. The van der Waals surface area contributed by atoms with Crippen molar-refractivity contribution in [3.63, 3.8) is 0 Å². The molecule has 2 rings (SSSR count). The van der Waals surface area contributed by atoms with Crippen molar-refractivity contribution in [2.24, 2.45) is 0 Å². The van der Waals surface area contributed by atoms with Gasteiger partial charge in [0, 0.05) is 0 Å². The standard InChI is InChI=1S/C13H10O4S/c14-13(10-5-2-1-3-6-10)17-11-7-4-8-12(9-11)18(15)16/h1-9,18H. The van der Waals surface area contributed by atoms with Crippen LogP contribution in [-0.4, -0.2) is 14.4 Å². The van der Waals surface area contributed by atoms with Crippen molar-refractivity contribution in [2.75, 3.05) is 0 Å². The fourth-order valence-electron chi connectivity index (χ4n) is 1.40. The van der Waals surface area contributed by atoms with Crippen LogP contribution in [0, 0.1) is 0 Å². The Bertz CT molecular complexity index is 624. The molecule has 18 heavy (non-hydrogen) atoms. The van der Waals surface area contributed by atoms with E-state index >= 15 is 0 Å². The maximum absolute atomic E-state index is 11.7. The van der Waals surface area contributed by atoms with Crippen LogP contribution in [-0.2, 0) is 10.7 Å². The largest absolute Gasteiger partial charge is 0.423 e. The van der Waals surface area contributed by atoms with Gasteiger partial charge in [0.2, 0.25) is 0 Å². The molecule has 0 aromatic heterocycles. The van der Waals surface area contributed by atoms with Crippen LogP contribution in [0.5, 0.6) is 5.75 Å². The first kappa shape index (κ1) is 12.3. The maximum Gasteiger partial charge on any atom is 0.343 e. The van der Waals surface area contributed by atoms with E-state index in [4.69, 9.17) is 4.74 Å². The van der Waals surface area contributed by atoms with E-state index in [1.807, 2.05) is 0 Å². The van der Waals surface area contributed by atoms with Crippen LogP contribution in [0.15, 0.2) is 59.5 Å². The van der Waals surface area contributed by atoms with Crippen LogP contribution in [0.1, 0.15) is 10.4 Å². The predicted octanol–water partition coefficient (Wildman–Crippen LogP) is 1.88. The highest BCUT2D eigenvalue weighted by atomic mass is 32.2. The summed E-state index contributed by atoms with van der Waals surface area (Å²) in [6.07, 6.45) is 0. The van der Waals surface area contributed by atoms with Crippen molar-refractivity contribution < 1.29 is 17.9 Å². The molecule has 0 saturated heterocycles. The van der Waals surface area contributed by atoms with Crippen LogP contribution in [0.4, 0.5) is 0 Å². The Balaban J connectivity index is 2.20. The summed E-state index contributed by atoms with van der Waals surface area (Å²) in [5.41, 5.74) is 0.411. The van der Waals surface area contributed by atoms with Crippen molar-refractivity contribution in [3.8, 4) is 5.75 Å². The van der Waals surface area contributed by atoms with Gasteiger partial charge in [0.1, 0.15) is 5.75 Å². The van der Waals surface area contributed by atoms with Gasteiger partial charge in [-0.1, -0.05) is 24.3 Å². The van der Waals surface area contributed by atoms with Crippen molar-refractivity contribution in [1.82, 2.24) is 0 Å². The Kier molecular flexibility index (Phi) is 3.74. The number of hydrogen-bond donors (Lipinski definition) is 1. The lowest BCUT2D eigenvalue weighted by Gasteiger charge is -2.04. The second kappa shape index (κ2) is 5.46. The number of ether oxygens (including phenoxy) is 1. The second-order valence-corrected chi connectivity index (χ2v) is 4.54. The van der Waals surface area contributed by atoms with E-state index in [9.17, 15) is 13.2 Å². The average Bonchev–Trinajstić information content (AvgIpc) is 2.40. The van der Waals surface area contributed by atoms with Gasteiger partial charge in [-0.25, -0.2) is 13.2 Å². The molecule has 5 heteroatoms. The smallest absolute Gasteiger partial charge is 0.343 e. The summed E-state index contributed by atoms with van der Waals surface area (Å²) in [6, 6.07) is 14.3. The molecule has 92 valence electrons. The third-order valence-electron chi connectivity index (χ3n) is 2.25. The van der Waals surface area contributed by atoms with Gasteiger partial charge in [-0.05, 0) is 30.3 Å². The summed E-state index contributed by atoms with van der Waals surface area (Å²) in [4.78, 5) is 11.8. The van der Waals surface area contributed by atoms with E-state index in [1.165, 1.54) is 24.3 Å². The minimum atomic E-state index is -2.68. The molecule has 0 heterocycles. The van der Waals surface area contributed by atoms with E-state index in [0.29, 0.717) is 5.56 Å². The number of benzene rings is 2. The first-order valence-corrected chi connectivity index (χ1v) is 6.36. The van der Waals surface area contributed by atoms with Crippen molar-refractivity contribution in [2.45, 2.75) is 4.90 Å². The van der Waals surface area contributed by atoms with Crippen LogP contribution < -0.4 is 4.74 Å². The van der Waals surface area contributed by atoms with Gasteiger partial charge in [-0.15, -0.1) is 0 Å². The zero-order valence-electron chi connectivity index (χ0n) is 9.28. The summed E-state index contributed by atoms with van der Waals surface area (Å²) < 4.78 is 26.7. The molecule has 0 bridgehead atoms.